The summed E-state index contributed by atoms with van der Waals surface area (Å²) in [5.41, 5.74) is 9.03. The minimum atomic E-state index is -3.62. The Hall–Kier alpha value is -1.74. The first kappa shape index (κ1) is 13.7. The fourth-order valence-corrected chi connectivity index (χ4v) is 3.32. The van der Waals surface area contributed by atoms with Gasteiger partial charge in [-0.25, -0.2) is 13.1 Å². The monoisotopic (exact) mass is 298 g/mol. The number of fused-ring (bicyclic) bond motifs is 1. The van der Waals surface area contributed by atoms with Crippen molar-refractivity contribution < 1.29 is 8.42 Å². The molecule has 10 heteroatoms. The lowest BCUT2D eigenvalue weighted by molar-refractivity contribution is 0.580. The van der Waals surface area contributed by atoms with Crippen LogP contribution in [0.5, 0.6) is 0 Å². The van der Waals surface area contributed by atoms with Crippen molar-refractivity contribution in [1.82, 2.24) is 13.5 Å². The summed E-state index contributed by atoms with van der Waals surface area (Å²) in [5.74, 6) is 0. The number of rotatable bonds is 6. The van der Waals surface area contributed by atoms with Crippen LogP contribution in [0, 0.1) is 0 Å². The molecule has 19 heavy (non-hydrogen) atoms. The van der Waals surface area contributed by atoms with Crippen molar-refractivity contribution >= 4 is 32.8 Å². The maximum Gasteiger partial charge on any atom is 0.242 e. The van der Waals surface area contributed by atoms with Crippen molar-refractivity contribution in [2.75, 3.05) is 13.1 Å². The zero-order valence-corrected chi connectivity index (χ0v) is 11.4. The number of aromatic nitrogens is 2. The van der Waals surface area contributed by atoms with Gasteiger partial charge in [-0.2, -0.15) is 8.75 Å². The third kappa shape index (κ3) is 3.18. The Labute approximate surface area is 113 Å². The van der Waals surface area contributed by atoms with E-state index < -0.39 is 10.0 Å². The Morgan fingerprint density at radius 1 is 1.42 bits per heavy atom. The van der Waals surface area contributed by atoms with Crippen molar-refractivity contribution in [3.05, 3.63) is 28.6 Å². The summed E-state index contributed by atoms with van der Waals surface area (Å²) in [6, 6.07) is 4.82. The first-order valence-corrected chi connectivity index (χ1v) is 7.58. The minimum Gasteiger partial charge on any atom is -0.211 e. The Balaban J connectivity index is 2.15. The molecule has 0 saturated carbocycles. The molecule has 0 fully saturated rings. The van der Waals surface area contributed by atoms with E-state index in [1.165, 1.54) is 6.07 Å². The lowest BCUT2D eigenvalue weighted by Gasteiger charge is -2.05. The Morgan fingerprint density at radius 2 is 2.26 bits per heavy atom. The number of hydrogen-bond donors (Lipinski definition) is 1. The molecule has 0 aliphatic rings. The van der Waals surface area contributed by atoms with Gasteiger partial charge in [-0.3, -0.25) is 0 Å². The van der Waals surface area contributed by atoms with Crippen LogP contribution in [0.25, 0.3) is 21.5 Å². The van der Waals surface area contributed by atoms with Crippen molar-refractivity contribution in [3.63, 3.8) is 0 Å². The highest BCUT2D eigenvalue weighted by Gasteiger charge is 2.18. The van der Waals surface area contributed by atoms with E-state index in [1.807, 2.05) is 0 Å². The summed E-state index contributed by atoms with van der Waals surface area (Å²) in [6.45, 7) is 0.455. The number of benzene rings is 1. The second kappa shape index (κ2) is 5.93. The highest BCUT2D eigenvalue weighted by molar-refractivity contribution is 7.89. The van der Waals surface area contributed by atoms with Crippen LogP contribution in [0.4, 0.5) is 0 Å². The van der Waals surface area contributed by atoms with Crippen LogP contribution in [0.1, 0.15) is 6.42 Å². The van der Waals surface area contributed by atoms with Crippen LogP contribution < -0.4 is 4.72 Å². The van der Waals surface area contributed by atoms with Crippen molar-refractivity contribution in [2.45, 2.75) is 11.3 Å². The average Bonchev–Trinajstić information content (AvgIpc) is 2.86. The molecule has 0 radical (unpaired) electrons. The van der Waals surface area contributed by atoms with Gasteiger partial charge in [0.1, 0.15) is 15.9 Å². The molecule has 0 saturated heterocycles. The van der Waals surface area contributed by atoms with Crippen molar-refractivity contribution in [2.24, 2.45) is 5.11 Å². The molecular formula is C9H10N6O2S2. The van der Waals surface area contributed by atoms with Crippen LogP contribution >= 0.6 is 11.7 Å². The number of azide groups is 1. The molecule has 1 aromatic heterocycles. The first-order valence-electron chi connectivity index (χ1n) is 5.37. The van der Waals surface area contributed by atoms with E-state index in [0.717, 1.165) is 11.7 Å². The number of nitrogens with one attached hydrogen (secondary N) is 1. The van der Waals surface area contributed by atoms with E-state index in [0.29, 0.717) is 17.5 Å². The summed E-state index contributed by atoms with van der Waals surface area (Å²) >= 11 is 0.971. The summed E-state index contributed by atoms with van der Waals surface area (Å²) in [6.07, 6.45) is 0.439. The molecule has 0 amide bonds. The molecule has 0 atom stereocenters. The van der Waals surface area contributed by atoms with Gasteiger partial charge in [0.05, 0.1) is 11.7 Å². The molecule has 1 heterocycles. The predicted octanol–water partition coefficient (Wildman–Crippen LogP) is 1.67. The van der Waals surface area contributed by atoms with Crippen LogP contribution in [-0.2, 0) is 10.0 Å². The second-order valence-electron chi connectivity index (χ2n) is 3.59. The summed E-state index contributed by atoms with van der Waals surface area (Å²) in [7, 11) is -3.62. The molecule has 0 aliphatic heterocycles. The van der Waals surface area contributed by atoms with E-state index >= 15 is 0 Å². The van der Waals surface area contributed by atoms with Gasteiger partial charge in [0.25, 0.3) is 0 Å². The highest BCUT2D eigenvalue weighted by Crippen LogP contribution is 2.20. The number of nitrogens with zero attached hydrogens (tertiary/aromatic N) is 5. The Bertz CT molecular complexity index is 719. The SMILES string of the molecule is [N-]=[N+]=NCCCNS(=O)(=O)c1cccc2nsnc12. The molecule has 8 nitrogen and oxygen atoms in total. The lowest BCUT2D eigenvalue weighted by Crippen LogP contribution is -2.25. The Morgan fingerprint density at radius 3 is 3.05 bits per heavy atom. The molecule has 1 N–H and O–H groups in total. The molecule has 2 aromatic rings. The van der Waals surface area contributed by atoms with Crippen LogP contribution in [-0.4, -0.2) is 30.3 Å². The highest BCUT2D eigenvalue weighted by atomic mass is 32.2. The van der Waals surface area contributed by atoms with E-state index in [4.69, 9.17) is 5.53 Å². The number of hydrogen-bond acceptors (Lipinski definition) is 6. The van der Waals surface area contributed by atoms with Gasteiger partial charge < -0.3 is 0 Å². The first-order chi connectivity index (χ1) is 9.15. The molecule has 2 rings (SSSR count). The van der Waals surface area contributed by atoms with Gasteiger partial charge >= 0.3 is 0 Å². The third-order valence-corrected chi connectivity index (χ3v) is 4.36. The molecule has 100 valence electrons. The number of sulfonamides is 1. The maximum absolute atomic E-state index is 12.1. The van der Waals surface area contributed by atoms with Gasteiger partial charge in [0, 0.05) is 18.0 Å². The molecular weight excluding hydrogens is 288 g/mol. The molecule has 0 bridgehead atoms. The molecule has 0 unspecified atom stereocenters. The van der Waals surface area contributed by atoms with Crippen molar-refractivity contribution in [3.8, 4) is 0 Å². The van der Waals surface area contributed by atoms with Gasteiger partial charge in [0.15, 0.2) is 0 Å². The Kier molecular flexibility index (Phi) is 4.27. The predicted molar refractivity (Wildman–Crippen MR) is 71.2 cm³/mol. The molecule has 0 aliphatic carbocycles. The van der Waals surface area contributed by atoms with Crippen LogP contribution in [0.15, 0.2) is 28.2 Å². The van der Waals surface area contributed by atoms with E-state index in [-0.39, 0.29) is 18.0 Å². The fraction of sp³-hybridized carbons (Fsp3) is 0.333. The van der Waals surface area contributed by atoms with Crippen molar-refractivity contribution in [1.29, 1.82) is 0 Å². The van der Waals surface area contributed by atoms with Gasteiger partial charge in [-0.15, -0.1) is 0 Å². The summed E-state index contributed by atoms with van der Waals surface area (Å²) < 4.78 is 34.6. The lowest BCUT2D eigenvalue weighted by atomic mass is 10.3. The van der Waals surface area contributed by atoms with Gasteiger partial charge in [0.2, 0.25) is 10.0 Å². The topological polar surface area (TPSA) is 121 Å². The smallest absolute Gasteiger partial charge is 0.211 e. The largest absolute Gasteiger partial charge is 0.242 e. The second-order valence-corrected chi connectivity index (χ2v) is 5.86. The van der Waals surface area contributed by atoms with Gasteiger partial charge in [-0.05, 0) is 24.1 Å². The summed E-state index contributed by atoms with van der Waals surface area (Å²) in [4.78, 5) is 2.71. The zero-order chi connectivity index (χ0) is 13.7. The standard InChI is InChI=1S/C9H10N6O2S2/c10-15-11-5-2-6-12-19(16,17)8-4-1-3-7-9(8)14-18-13-7/h1,3-4,12H,2,5-6H2. The van der Waals surface area contributed by atoms with E-state index in [1.54, 1.807) is 12.1 Å². The van der Waals surface area contributed by atoms with E-state index in [9.17, 15) is 8.42 Å². The molecule has 1 aromatic carbocycles. The average molecular weight is 298 g/mol. The van der Waals surface area contributed by atoms with Crippen LogP contribution in [0.3, 0.4) is 0 Å². The van der Waals surface area contributed by atoms with E-state index in [2.05, 4.69) is 23.5 Å². The third-order valence-electron chi connectivity index (χ3n) is 2.33. The molecule has 0 spiro atoms. The van der Waals surface area contributed by atoms with Gasteiger partial charge in [-0.1, -0.05) is 11.2 Å². The fourth-order valence-electron chi connectivity index (χ4n) is 1.48. The normalized spacial score (nSPS) is 11.4. The minimum absolute atomic E-state index is 0.113. The van der Waals surface area contributed by atoms with Crippen LogP contribution in [0.2, 0.25) is 0 Å². The summed E-state index contributed by atoms with van der Waals surface area (Å²) in [5, 5.41) is 3.33. The maximum atomic E-state index is 12.1. The zero-order valence-electron chi connectivity index (χ0n) is 9.72. The quantitative estimate of drug-likeness (QED) is 0.377.